The van der Waals surface area contributed by atoms with Gasteiger partial charge in [-0.3, -0.25) is 14.5 Å². The minimum Gasteiger partial charge on any atom is -0.325 e. The monoisotopic (exact) mass is 394 g/mol. The molecule has 1 saturated heterocycles. The number of nitrogens with one attached hydrogen (secondary N) is 1. The first kappa shape index (κ1) is 19.1. The first-order valence-corrected chi connectivity index (χ1v) is 9.59. The van der Waals surface area contributed by atoms with Crippen LogP contribution in [0, 0.1) is 6.92 Å². The predicted molar refractivity (Wildman–Crippen MR) is 115 cm³/mol. The van der Waals surface area contributed by atoms with Gasteiger partial charge in [0.05, 0.1) is 4.91 Å². The minimum atomic E-state index is -0.281. The van der Waals surface area contributed by atoms with Gasteiger partial charge in [-0.1, -0.05) is 84.2 Å². The Kier molecular flexibility index (Phi) is 6.21. The molecule has 6 heteroatoms. The summed E-state index contributed by atoms with van der Waals surface area (Å²) in [6, 6.07) is 17.3. The van der Waals surface area contributed by atoms with Crippen LogP contribution in [0.1, 0.15) is 11.1 Å². The molecule has 0 unspecified atom stereocenters. The number of nitrogens with zero attached hydrogens (tertiary/aromatic N) is 1. The molecule has 2 aromatic carbocycles. The number of thiocarbonyl (C=S) groups is 1. The summed E-state index contributed by atoms with van der Waals surface area (Å²) in [6.45, 7) is 1.88. The number of carbonyl (C=O) groups is 2. The van der Waals surface area contributed by atoms with Gasteiger partial charge in [0.15, 0.2) is 0 Å². The summed E-state index contributed by atoms with van der Waals surface area (Å²) in [6.07, 6.45) is 5.45. The van der Waals surface area contributed by atoms with Crippen molar-refractivity contribution in [2.45, 2.75) is 6.92 Å². The molecule has 0 aliphatic carbocycles. The highest BCUT2D eigenvalue weighted by Gasteiger charge is 2.32. The smallest absolute Gasteiger partial charge is 0.266 e. The molecule has 1 N–H and O–H groups in total. The molecule has 2 aromatic rings. The molecule has 1 aliphatic heterocycles. The number of allylic oxidation sites excluding steroid dienone is 2. The molecule has 0 radical (unpaired) electrons. The van der Waals surface area contributed by atoms with Crippen LogP contribution in [-0.4, -0.2) is 27.6 Å². The second-order valence-corrected chi connectivity index (χ2v) is 7.65. The van der Waals surface area contributed by atoms with E-state index in [1.165, 1.54) is 16.7 Å². The fraction of sp³-hybridized carbons (Fsp3) is 0.0952. The summed E-state index contributed by atoms with van der Waals surface area (Å²) in [5.74, 6) is -0.530. The van der Waals surface area contributed by atoms with Gasteiger partial charge in [-0.15, -0.1) is 0 Å². The quantitative estimate of drug-likeness (QED) is 0.604. The Balaban J connectivity index is 1.61. The zero-order valence-corrected chi connectivity index (χ0v) is 16.3. The van der Waals surface area contributed by atoms with Gasteiger partial charge in [-0.2, -0.15) is 0 Å². The highest BCUT2D eigenvalue weighted by atomic mass is 32.2. The van der Waals surface area contributed by atoms with Crippen LogP contribution >= 0.6 is 24.0 Å². The van der Waals surface area contributed by atoms with E-state index in [1.54, 1.807) is 6.08 Å². The maximum absolute atomic E-state index is 12.5. The van der Waals surface area contributed by atoms with Crippen LogP contribution in [0.4, 0.5) is 5.69 Å². The van der Waals surface area contributed by atoms with Crippen molar-refractivity contribution in [3.8, 4) is 0 Å². The largest absolute Gasteiger partial charge is 0.325 e. The maximum atomic E-state index is 12.5. The van der Waals surface area contributed by atoms with Crippen LogP contribution in [0.5, 0.6) is 0 Å². The summed E-state index contributed by atoms with van der Waals surface area (Å²) in [7, 11) is 0. The van der Waals surface area contributed by atoms with Crippen molar-refractivity contribution in [3.63, 3.8) is 0 Å². The van der Waals surface area contributed by atoms with Gasteiger partial charge in [0.1, 0.15) is 10.9 Å². The van der Waals surface area contributed by atoms with E-state index >= 15 is 0 Å². The van der Waals surface area contributed by atoms with Crippen LogP contribution in [0.25, 0.3) is 6.08 Å². The zero-order valence-electron chi connectivity index (χ0n) is 14.7. The van der Waals surface area contributed by atoms with Gasteiger partial charge >= 0.3 is 0 Å². The normalized spacial score (nSPS) is 15.7. The molecule has 4 nitrogen and oxygen atoms in total. The van der Waals surface area contributed by atoms with E-state index in [0.29, 0.717) is 14.9 Å². The van der Waals surface area contributed by atoms with Crippen molar-refractivity contribution in [1.29, 1.82) is 0 Å². The molecule has 3 rings (SSSR count). The second kappa shape index (κ2) is 8.79. The van der Waals surface area contributed by atoms with Crippen molar-refractivity contribution >= 4 is 51.9 Å². The third kappa shape index (κ3) is 5.15. The van der Waals surface area contributed by atoms with E-state index in [1.807, 2.05) is 73.7 Å². The van der Waals surface area contributed by atoms with Gasteiger partial charge in [-0.25, -0.2) is 0 Å². The molecule has 2 amide bonds. The zero-order chi connectivity index (χ0) is 19.2. The summed E-state index contributed by atoms with van der Waals surface area (Å²) >= 11 is 6.47. The molecule has 1 aliphatic rings. The van der Waals surface area contributed by atoms with E-state index in [-0.39, 0.29) is 18.4 Å². The van der Waals surface area contributed by atoms with Crippen LogP contribution in [0.15, 0.2) is 71.7 Å². The number of hydrogen-bond donors (Lipinski definition) is 1. The Hall–Kier alpha value is -2.70. The summed E-state index contributed by atoms with van der Waals surface area (Å²) in [4.78, 5) is 26.6. The minimum absolute atomic E-state index is 0.0989. The van der Waals surface area contributed by atoms with E-state index in [9.17, 15) is 9.59 Å². The Morgan fingerprint density at radius 2 is 1.85 bits per heavy atom. The van der Waals surface area contributed by atoms with Crippen molar-refractivity contribution < 1.29 is 9.59 Å². The Labute approximate surface area is 168 Å². The van der Waals surface area contributed by atoms with Crippen molar-refractivity contribution in [1.82, 2.24) is 4.90 Å². The second-order valence-electron chi connectivity index (χ2n) is 5.97. The van der Waals surface area contributed by atoms with Gasteiger partial charge in [-0.05, 0) is 30.7 Å². The number of aryl methyl sites for hydroxylation is 1. The van der Waals surface area contributed by atoms with Crippen LogP contribution in [0.2, 0.25) is 0 Å². The Morgan fingerprint density at radius 3 is 2.56 bits per heavy atom. The fourth-order valence-electron chi connectivity index (χ4n) is 2.44. The lowest BCUT2D eigenvalue weighted by atomic mass is 10.2. The predicted octanol–water partition coefficient (Wildman–Crippen LogP) is 4.39. The van der Waals surface area contributed by atoms with E-state index in [2.05, 4.69) is 5.32 Å². The van der Waals surface area contributed by atoms with Gasteiger partial charge in [0.25, 0.3) is 5.91 Å². The average Bonchev–Trinajstić information content (AvgIpc) is 2.92. The lowest BCUT2D eigenvalue weighted by Crippen LogP contribution is -2.36. The maximum Gasteiger partial charge on any atom is 0.266 e. The number of rotatable bonds is 5. The van der Waals surface area contributed by atoms with Gasteiger partial charge in [0, 0.05) is 5.69 Å². The molecule has 0 spiro atoms. The van der Waals surface area contributed by atoms with E-state index < -0.39 is 0 Å². The highest BCUT2D eigenvalue weighted by molar-refractivity contribution is 8.26. The first-order valence-electron chi connectivity index (χ1n) is 8.36. The lowest BCUT2D eigenvalue weighted by Gasteiger charge is -2.14. The van der Waals surface area contributed by atoms with Crippen molar-refractivity contribution in [2.24, 2.45) is 0 Å². The number of anilines is 1. The lowest BCUT2D eigenvalue weighted by molar-refractivity contribution is -0.126. The molecular formula is C21H18N2O2S2. The third-order valence-corrected chi connectivity index (χ3v) is 5.24. The molecular weight excluding hydrogens is 376 g/mol. The van der Waals surface area contributed by atoms with Crippen molar-refractivity contribution in [3.05, 3.63) is 82.8 Å². The number of hydrogen-bond acceptors (Lipinski definition) is 4. The topological polar surface area (TPSA) is 49.4 Å². The summed E-state index contributed by atoms with van der Waals surface area (Å²) < 4.78 is 0.387. The molecule has 0 aromatic heterocycles. The molecule has 1 fully saturated rings. The molecule has 0 bridgehead atoms. The molecule has 27 heavy (non-hydrogen) atoms. The molecule has 0 atom stereocenters. The molecule has 0 saturated carbocycles. The van der Waals surface area contributed by atoms with Gasteiger partial charge < -0.3 is 5.32 Å². The fourth-order valence-corrected chi connectivity index (χ4v) is 3.65. The number of carbonyl (C=O) groups excluding carboxylic acids is 2. The van der Waals surface area contributed by atoms with Crippen LogP contribution in [0.3, 0.4) is 0 Å². The van der Waals surface area contributed by atoms with Crippen LogP contribution < -0.4 is 5.32 Å². The average molecular weight is 395 g/mol. The number of amides is 2. The summed E-state index contributed by atoms with van der Waals surface area (Å²) in [5.41, 5.74) is 2.85. The number of thioether (sulfide) groups is 1. The van der Waals surface area contributed by atoms with Crippen LogP contribution in [-0.2, 0) is 9.59 Å². The standard InChI is InChI=1S/C21H18N2O2S2/c1-15-10-12-17(13-11-15)22-19(24)14-23-20(25)18(27-21(23)26)9-5-8-16-6-3-2-4-7-16/h2-13H,14H2,1H3,(H,22,24)/b8-5+,18-9-. The van der Waals surface area contributed by atoms with E-state index in [4.69, 9.17) is 12.2 Å². The first-order chi connectivity index (χ1) is 13.0. The highest BCUT2D eigenvalue weighted by Crippen LogP contribution is 2.30. The summed E-state index contributed by atoms with van der Waals surface area (Å²) in [5, 5.41) is 2.78. The molecule has 1 heterocycles. The van der Waals surface area contributed by atoms with Gasteiger partial charge in [0.2, 0.25) is 5.91 Å². The van der Waals surface area contributed by atoms with E-state index in [0.717, 1.165) is 11.1 Å². The SMILES string of the molecule is Cc1ccc(NC(=O)CN2C(=O)/C(=C/C=C/c3ccccc3)SC2=S)cc1. The Morgan fingerprint density at radius 1 is 1.15 bits per heavy atom. The Bertz CT molecular complexity index is 919. The molecule has 136 valence electrons. The number of benzene rings is 2. The third-order valence-electron chi connectivity index (χ3n) is 3.85. The van der Waals surface area contributed by atoms with Crippen molar-refractivity contribution in [2.75, 3.05) is 11.9 Å².